The molecule has 0 spiro atoms. The molecule has 0 unspecified atom stereocenters. The van der Waals surface area contributed by atoms with Gasteiger partial charge in [0, 0.05) is 16.7 Å². The van der Waals surface area contributed by atoms with E-state index in [0.717, 1.165) is 0 Å². The van der Waals surface area contributed by atoms with Crippen molar-refractivity contribution in [2.24, 2.45) is 4.99 Å². The second-order valence-corrected chi connectivity index (χ2v) is 4.95. The number of ether oxygens (including phenoxy) is 1. The average Bonchev–Trinajstić information content (AvgIpc) is 2.53. The number of halogens is 2. The summed E-state index contributed by atoms with van der Waals surface area (Å²) in [5.74, 6) is -0.0937. The lowest BCUT2D eigenvalue weighted by molar-refractivity contribution is -0.0499. The first-order chi connectivity index (χ1) is 11.1. The van der Waals surface area contributed by atoms with Crippen LogP contribution in [0.2, 0.25) is 0 Å². The molecule has 1 aliphatic rings. The average molecular weight is 313 g/mol. The number of hydrogen-bond acceptors (Lipinski definition) is 3. The van der Waals surface area contributed by atoms with Crippen LogP contribution in [0.5, 0.6) is 5.75 Å². The van der Waals surface area contributed by atoms with Crippen LogP contribution in [0.3, 0.4) is 0 Å². The number of aliphatic imine (C=N–C) groups is 1. The van der Waals surface area contributed by atoms with Gasteiger partial charge in [-0.05, 0) is 12.1 Å². The first kappa shape index (κ1) is 15.1. The number of Topliss-reactive ketones (excluding diaryl/α,β-unsaturated/α-hetero) is 1. The van der Waals surface area contributed by atoms with Crippen molar-refractivity contribution in [1.29, 1.82) is 0 Å². The molecule has 116 valence electrons. The highest BCUT2D eigenvalue weighted by atomic mass is 19.3. The molecule has 0 atom stereocenters. The van der Waals surface area contributed by atoms with Gasteiger partial charge < -0.3 is 4.74 Å². The number of nitrogens with zero attached hydrogens (tertiary/aromatic N) is 1. The lowest BCUT2D eigenvalue weighted by atomic mass is 9.94. The smallest absolute Gasteiger partial charge is 0.387 e. The van der Waals surface area contributed by atoms with Crippen LogP contribution < -0.4 is 4.74 Å². The van der Waals surface area contributed by atoms with Crippen molar-refractivity contribution >= 4 is 17.6 Å². The molecule has 0 amide bonds. The maximum Gasteiger partial charge on any atom is 0.387 e. The van der Waals surface area contributed by atoms with Gasteiger partial charge in [0.1, 0.15) is 11.5 Å². The molecule has 3 rings (SSSR count). The number of carbonyl (C=O) groups is 1. The molecule has 0 aliphatic carbocycles. The monoisotopic (exact) mass is 313 g/mol. The van der Waals surface area contributed by atoms with Gasteiger partial charge in [-0.3, -0.25) is 9.79 Å². The first-order valence-electron chi connectivity index (χ1n) is 7.04. The second-order valence-electron chi connectivity index (χ2n) is 4.95. The van der Waals surface area contributed by atoms with E-state index in [1.165, 1.54) is 6.07 Å². The molecular formula is C18H13F2NO2. The van der Waals surface area contributed by atoms with Crippen LogP contribution in [0.15, 0.2) is 65.2 Å². The van der Waals surface area contributed by atoms with Crippen molar-refractivity contribution < 1.29 is 18.3 Å². The normalized spacial score (nSPS) is 15.3. The van der Waals surface area contributed by atoms with E-state index in [1.54, 1.807) is 48.5 Å². The molecule has 0 aromatic heterocycles. The minimum atomic E-state index is -2.89. The maximum absolute atomic E-state index is 12.4. The Balaban J connectivity index is 1.85. The van der Waals surface area contributed by atoms with Crippen molar-refractivity contribution in [3.63, 3.8) is 0 Å². The van der Waals surface area contributed by atoms with E-state index in [4.69, 9.17) is 0 Å². The Morgan fingerprint density at radius 1 is 1.09 bits per heavy atom. The predicted molar refractivity (Wildman–Crippen MR) is 84.1 cm³/mol. The molecule has 3 nitrogen and oxygen atoms in total. The lowest BCUT2D eigenvalue weighted by Crippen LogP contribution is -2.26. The maximum atomic E-state index is 12.4. The summed E-state index contributed by atoms with van der Waals surface area (Å²) in [6.07, 6.45) is 1.67. The lowest BCUT2D eigenvalue weighted by Gasteiger charge is -2.18. The van der Waals surface area contributed by atoms with Gasteiger partial charge in [0.05, 0.1) is 6.54 Å². The van der Waals surface area contributed by atoms with Gasteiger partial charge in [0.25, 0.3) is 0 Å². The topological polar surface area (TPSA) is 38.7 Å². The van der Waals surface area contributed by atoms with E-state index < -0.39 is 6.61 Å². The Morgan fingerprint density at radius 3 is 2.43 bits per heavy atom. The fraction of sp³-hybridized carbons (Fsp3) is 0.111. The molecular weight excluding hydrogens is 300 g/mol. The van der Waals surface area contributed by atoms with Crippen LogP contribution in [0.1, 0.15) is 15.9 Å². The molecule has 0 N–H and O–H groups in total. The van der Waals surface area contributed by atoms with Crippen molar-refractivity contribution in [3.05, 3.63) is 71.3 Å². The molecule has 1 heterocycles. The molecule has 0 saturated carbocycles. The fourth-order valence-corrected chi connectivity index (χ4v) is 2.30. The molecule has 5 heteroatoms. The Hall–Kier alpha value is -2.82. The molecule has 0 saturated heterocycles. The van der Waals surface area contributed by atoms with Crippen LogP contribution in [-0.4, -0.2) is 24.7 Å². The fourth-order valence-electron chi connectivity index (χ4n) is 2.30. The second kappa shape index (κ2) is 6.52. The standard InChI is InChI=1S/C18H13F2NO2/c19-18(20)23-15-9-5-4-8-13(15)10-14-11-21-16(14)17(22)12-6-2-1-3-7-12/h1-10,18H,11H2. The summed E-state index contributed by atoms with van der Waals surface area (Å²) in [5.41, 5.74) is 2.12. The van der Waals surface area contributed by atoms with Crippen LogP contribution >= 0.6 is 0 Å². The zero-order valence-corrected chi connectivity index (χ0v) is 12.1. The highest BCUT2D eigenvalue weighted by Gasteiger charge is 2.24. The third-order valence-corrected chi connectivity index (χ3v) is 3.43. The number of hydrogen-bond donors (Lipinski definition) is 0. The van der Waals surface area contributed by atoms with E-state index in [0.29, 0.717) is 29.0 Å². The number of alkyl halides is 2. The van der Waals surface area contributed by atoms with Gasteiger partial charge in [-0.15, -0.1) is 0 Å². The van der Waals surface area contributed by atoms with Crippen LogP contribution in [0.25, 0.3) is 6.08 Å². The van der Waals surface area contributed by atoms with E-state index in [-0.39, 0.29) is 11.5 Å². The summed E-state index contributed by atoms with van der Waals surface area (Å²) in [5, 5.41) is 0. The van der Waals surface area contributed by atoms with Gasteiger partial charge in [-0.2, -0.15) is 8.78 Å². The molecule has 0 bridgehead atoms. The molecule has 23 heavy (non-hydrogen) atoms. The predicted octanol–water partition coefficient (Wildman–Crippen LogP) is 4.01. The first-order valence-corrected chi connectivity index (χ1v) is 7.04. The van der Waals surface area contributed by atoms with Crippen molar-refractivity contribution in [1.82, 2.24) is 0 Å². The Morgan fingerprint density at radius 2 is 1.78 bits per heavy atom. The molecule has 0 fully saturated rings. The van der Waals surface area contributed by atoms with Gasteiger partial charge in [-0.25, -0.2) is 0 Å². The summed E-state index contributed by atoms with van der Waals surface area (Å²) in [4.78, 5) is 16.5. The molecule has 2 aromatic rings. The largest absolute Gasteiger partial charge is 0.434 e. The Bertz CT molecular complexity index is 783. The van der Waals surface area contributed by atoms with E-state index in [9.17, 15) is 13.6 Å². The van der Waals surface area contributed by atoms with Crippen molar-refractivity contribution in [3.8, 4) is 5.75 Å². The summed E-state index contributed by atoms with van der Waals surface area (Å²) < 4.78 is 29.4. The highest BCUT2D eigenvalue weighted by Crippen LogP contribution is 2.26. The zero-order chi connectivity index (χ0) is 16.2. The number of para-hydroxylation sites is 1. The van der Waals surface area contributed by atoms with E-state index in [1.807, 2.05) is 6.07 Å². The quantitative estimate of drug-likeness (QED) is 0.782. The molecule has 0 radical (unpaired) electrons. The molecule has 1 aliphatic heterocycles. The number of rotatable bonds is 5. The van der Waals surface area contributed by atoms with Crippen molar-refractivity contribution in [2.45, 2.75) is 6.61 Å². The third-order valence-electron chi connectivity index (χ3n) is 3.43. The minimum Gasteiger partial charge on any atom is -0.434 e. The number of ketones is 1. The summed E-state index contributed by atoms with van der Waals surface area (Å²) in [6, 6.07) is 15.3. The summed E-state index contributed by atoms with van der Waals surface area (Å²) in [6.45, 7) is -2.51. The van der Waals surface area contributed by atoms with Crippen molar-refractivity contribution in [2.75, 3.05) is 6.54 Å². The van der Waals surface area contributed by atoms with Gasteiger partial charge in [0.15, 0.2) is 0 Å². The number of benzene rings is 2. The van der Waals surface area contributed by atoms with Crippen LogP contribution in [-0.2, 0) is 0 Å². The van der Waals surface area contributed by atoms with Gasteiger partial charge in [-0.1, -0.05) is 48.5 Å². The molecule has 2 aromatic carbocycles. The van der Waals surface area contributed by atoms with E-state index >= 15 is 0 Å². The van der Waals surface area contributed by atoms with Gasteiger partial charge >= 0.3 is 6.61 Å². The highest BCUT2D eigenvalue weighted by molar-refractivity contribution is 6.53. The van der Waals surface area contributed by atoms with Crippen LogP contribution in [0.4, 0.5) is 8.78 Å². The Labute approximate surface area is 131 Å². The van der Waals surface area contributed by atoms with E-state index in [2.05, 4.69) is 9.73 Å². The zero-order valence-electron chi connectivity index (χ0n) is 12.1. The third kappa shape index (κ3) is 3.34. The Kier molecular flexibility index (Phi) is 4.28. The SMILES string of the molecule is O=C(C1=NCC1=Cc1ccccc1OC(F)F)c1ccccc1. The number of carbonyl (C=O) groups excluding carboxylic acids is 1. The van der Waals surface area contributed by atoms with Gasteiger partial charge in [0.2, 0.25) is 5.78 Å². The van der Waals surface area contributed by atoms with Crippen LogP contribution in [0, 0.1) is 0 Å². The minimum absolute atomic E-state index is 0.0772. The summed E-state index contributed by atoms with van der Waals surface area (Å²) in [7, 11) is 0. The summed E-state index contributed by atoms with van der Waals surface area (Å²) >= 11 is 0.